The highest BCUT2D eigenvalue weighted by molar-refractivity contribution is 5.95. The van der Waals surface area contributed by atoms with Crippen LogP contribution >= 0.6 is 0 Å². The molecule has 12 N–H and O–H groups in total. The molecule has 16 nitrogen and oxygen atoms in total. The first-order chi connectivity index (χ1) is 16.3. The number of rotatable bonds is 14. The summed E-state index contributed by atoms with van der Waals surface area (Å²) in [7, 11) is 0. The predicted molar refractivity (Wildman–Crippen MR) is 120 cm³/mol. The molecule has 0 saturated carbocycles. The van der Waals surface area contributed by atoms with Gasteiger partial charge in [0, 0.05) is 13.1 Å². The lowest BCUT2D eigenvalue weighted by atomic mass is 10.1. The van der Waals surface area contributed by atoms with Crippen molar-refractivity contribution in [1.29, 1.82) is 0 Å². The second-order valence-electron chi connectivity index (χ2n) is 7.97. The number of aliphatic imine (C=N–C) groups is 1. The average molecular weight is 501 g/mol. The van der Waals surface area contributed by atoms with Crippen molar-refractivity contribution in [3.63, 3.8) is 0 Å². The molecule has 1 aliphatic heterocycles. The Morgan fingerprint density at radius 1 is 1.00 bits per heavy atom. The van der Waals surface area contributed by atoms with E-state index in [1.54, 1.807) is 0 Å². The Hall–Kier alpha value is -3.95. The number of hydrogen-bond donors (Lipinski definition) is 8. The molecule has 1 aliphatic rings. The highest BCUT2D eigenvalue weighted by Crippen LogP contribution is 2.19. The topological polar surface area (TPSA) is 287 Å². The summed E-state index contributed by atoms with van der Waals surface area (Å²) in [6, 6.07) is -5.21. The first-order valence-electron chi connectivity index (χ1n) is 10.8. The van der Waals surface area contributed by atoms with Crippen molar-refractivity contribution in [1.82, 2.24) is 15.5 Å². The van der Waals surface area contributed by atoms with E-state index >= 15 is 0 Å². The number of aliphatic carboxylic acids is 2. The number of nitrogens with one attached hydrogen (secondary N) is 2. The quantitative estimate of drug-likeness (QED) is 0.0642. The molecule has 1 fully saturated rings. The molecule has 0 bridgehead atoms. The van der Waals surface area contributed by atoms with E-state index in [-0.39, 0.29) is 38.3 Å². The Balaban J connectivity index is 2.98. The summed E-state index contributed by atoms with van der Waals surface area (Å²) in [6.45, 7) is 0.305. The number of nitrogens with two attached hydrogens (primary N) is 4. The lowest BCUT2D eigenvalue weighted by molar-refractivity contribution is -0.147. The van der Waals surface area contributed by atoms with Crippen LogP contribution in [-0.4, -0.2) is 93.9 Å². The Morgan fingerprint density at radius 3 is 2.20 bits per heavy atom. The molecule has 0 aromatic heterocycles. The zero-order chi connectivity index (χ0) is 26.7. The van der Waals surface area contributed by atoms with Crippen LogP contribution < -0.4 is 33.6 Å². The zero-order valence-corrected chi connectivity index (χ0v) is 19.0. The van der Waals surface area contributed by atoms with Gasteiger partial charge in [-0.05, 0) is 25.7 Å². The van der Waals surface area contributed by atoms with Crippen LogP contribution in [0.2, 0.25) is 0 Å². The zero-order valence-electron chi connectivity index (χ0n) is 19.0. The molecule has 4 amide bonds. The van der Waals surface area contributed by atoms with Gasteiger partial charge in [-0.15, -0.1) is 0 Å². The average Bonchev–Trinajstić information content (AvgIpc) is 3.23. The molecule has 1 saturated heterocycles. The van der Waals surface area contributed by atoms with E-state index < -0.39 is 72.6 Å². The van der Waals surface area contributed by atoms with Gasteiger partial charge in [0.1, 0.15) is 18.1 Å². The van der Waals surface area contributed by atoms with Crippen LogP contribution in [-0.2, 0) is 28.8 Å². The molecule has 4 unspecified atom stereocenters. The van der Waals surface area contributed by atoms with Crippen LogP contribution in [0.3, 0.4) is 0 Å². The minimum Gasteiger partial charge on any atom is -0.481 e. The molecule has 1 rings (SSSR count). The highest BCUT2D eigenvalue weighted by atomic mass is 16.4. The predicted octanol–water partition coefficient (Wildman–Crippen LogP) is -4.24. The van der Waals surface area contributed by atoms with Crippen molar-refractivity contribution in [2.75, 3.05) is 13.1 Å². The second kappa shape index (κ2) is 13.7. The number of carboxylic acid groups (broad SMARTS) is 2. The molecule has 0 spiro atoms. The molecule has 0 aliphatic carbocycles. The molecule has 4 atom stereocenters. The molecule has 16 heteroatoms. The van der Waals surface area contributed by atoms with E-state index in [4.69, 9.17) is 28.0 Å². The van der Waals surface area contributed by atoms with E-state index in [0.717, 1.165) is 0 Å². The van der Waals surface area contributed by atoms with Crippen molar-refractivity contribution in [2.24, 2.45) is 27.9 Å². The number of carbonyl (C=O) groups is 6. The van der Waals surface area contributed by atoms with Crippen LogP contribution in [0.15, 0.2) is 4.99 Å². The van der Waals surface area contributed by atoms with E-state index in [1.807, 2.05) is 0 Å². The number of hydrogen-bond acceptors (Lipinski definition) is 8. The van der Waals surface area contributed by atoms with Crippen LogP contribution in [0.4, 0.5) is 0 Å². The Kier molecular flexibility index (Phi) is 11.4. The van der Waals surface area contributed by atoms with Gasteiger partial charge in [0.25, 0.3) is 0 Å². The van der Waals surface area contributed by atoms with E-state index in [0.29, 0.717) is 6.42 Å². The molecule has 0 aromatic rings. The van der Waals surface area contributed by atoms with Crippen molar-refractivity contribution in [2.45, 2.75) is 62.7 Å². The fourth-order valence-electron chi connectivity index (χ4n) is 3.51. The van der Waals surface area contributed by atoms with Gasteiger partial charge in [-0.1, -0.05) is 0 Å². The van der Waals surface area contributed by atoms with Crippen LogP contribution in [0.1, 0.15) is 38.5 Å². The maximum absolute atomic E-state index is 13.0. The second-order valence-corrected chi connectivity index (χ2v) is 7.97. The largest absolute Gasteiger partial charge is 0.481 e. The first-order valence-corrected chi connectivity index (χ1v) is 10.8. The van der Waals surface area contributed by atoms with Crippen LogP contribution in [0.5, 0.6) is 0 Å². The van der Waals surface area contributed by atoms with Gasteiger partial charge in [0.2, 0.25) is 23.6 Å². The van der Waals surface area contributed by atoms with Gasteiger partial charge in [0.15, 0.2) is 5.96 Å². The fourth-order valence-corrected chi connectivity index (χ4v) is 3.51. The standard InChI is InChI=1S/C19H32N8O8/c20-9(7-13(21)28)17(33)27-6-2-4-12(27)16(32)25-10(3-1-5-24-19(22)23)15(31)26-11(18(34)35)8-14(29)30/h9-12H,1-8,20H2,(H2,21,28)(H,25,32)(H,26,31)(H,29,30)(H,34,35)(H4,22,23,24). The van der Waals surface area contributed by atoms with Crippen LogP contribution in [0.25, 0.3) is 0 Å². The normalized spacial score (nSPS) is 17.5. The smallest absolute Gasteiger partial charge is 0.326 e. The van der Waals surface area contributed by atoms with Gasteiger partial charge in [-0.3, -0.25) is 29.0 Å². The van der Waals surface area contributed by atoms with Crippen LogP contribution in [0, 0.1) is 0 Å². The van der Waals surface area contributed by atoms with Crippen molar-refractivity contribution in [3.8, 4) is 0 Å². The molecule has 196 valence electrons. The molecule has 0 aromatic carbocycles. The summed E-state index contributed by atoms with van der Waals surface area (Å²) in [5, 5.41) is 22.6. The van der Waals surface area contributed by atoms with E-state index in [2.05, 4.69) is 15.6 Å². The number of likely N-dealkylation sites (tertiary alicyclic amines) is 1. The van der Waals surface area contributed by atoms with Gasteiger partial charge in [-0.25, -0.2) is 4.79 Å². The van der Waals surface area contributed by atoms with Gasteiger partial charge in [0.05, 0.1) is 18.9 Å². The van der Waals surface area contributed by atoms with Gasteiger partial charge >= 0.3 is 11.9 Å². The molecular formula is C19H32N8O8. The number of nitrogens with zero attached hydrogens (tertiary/aromatic N) is 2. The maximum Gasteiger partial charge on any atom is 0.326 e. The van der Waals surface area contributed by atoms with Gasteiger partial charge < -0.3 is 48.7 Å². The maximum atomic E-state index is 13.0. The minimum absolute atomic E-state index is 0.0182. The monoisotopic (exact) mass is 500 g/mol. The Bertz CT molecular complexity index is 860. The number of carboxylic acids is 2. The molecular weight excluding hydrogens is 468 g/mol. The Morgan fingerprint density at radius 2 is 1.66 bits per heavy atom. The molecule has 0 radical (unpaired) electrons. The lowest BCUT2D eigenvalue weighted by Gasteiger charge is -2.28. The summed E-state index contributed by atoms with van der Waals surface area (Å²) in [5.74, 6) is -6.26. The Labute approximate surface area is 200 Å². The van der Waals surface area contributed by atoms with Crippen molar-refractivity contribution >= 4 is 41.5 Å². The van der Waals surface area contributed by atoms with E-state index in [9.17, 15) is 33.9 Å². The summed E-state index contributed by atoms with van der Waals surface area (Å²) in [4.78, 5) is 76.6. The van der Waals surface area contributed by atoms with Gasteiger partial charge in [-0.2, -0.15) is 0 Å². The molecule has 1 heterocycles. The third-order valence-electron chi connectivity index (χ3n) is 5.15. The summed E-state index contributed by atoms with van der Waals surface area (Å²) in [6.07, 6.45) is -0.356. The number of primary amides is 1. The summed E-state index contributed by atoms with van der Waals surface area (Å²) in [5.41, 5.74) is 21.3. The summed E-state index contributed by atoms with van der Waals surface area (Å²) < 4.78 is 0. The van der Waals surface area contributed by atoms with E-state index in [1.165, 1.54) is 4.90 Å². The lowest BCUT2D eigenvalue weighted by Crippen LogP contribution is -2.57. The summed E-state index contributed by atoms with van der Waals surface area (Å²) >= 11 is 0. The van der Waals surface area contributed by atoms with Crippen molar-refractivity contribution < 1.29 is 39.0 Å². The fraction of sp³-hybridized carbons (Fsp3) is 0.632. The number of carbonyl (C=O) groups excluding carboxylic acids is 4. The third-order valence-corrected chi connectivity index (χ3v) is 5.15. The third kappa shape index (κ3) is 9.83. The van der Waals surface area contributed by atoms with Crippen molar-refractivity contribution in [3.05, 3.63) is 0 Å². The number of amides is 4. The number of guanidine groups is 1. The first kappa shape index (κ1) is 29.1. The minimum atomic E-state index is -1.73. The SMILES string of the molecule is NC(=O)CC(N)C(=O)N1CCCC1C(=O)NC(CCCN=C(N)N)C(=O)NC(CC(=O)O)C(=O)O. The molecule has 35 heavy (non-hydrogen) atoms. The highest BCUT2D eigenvalue weighted by Gasteiger charge is 2.38.